The summed E-state index contributed by atoms with van der Waals surface area (Å²) in [6, 6.07) is 6.46. The lowest BCUT2D eigenvalue weighted by molar-refractivity contribution is -0.137. The Bertz CT molecular complexity index is 995. The van der Waals surface area contributed by atoms with E-state index < -0.39 is 11.7 Å². The summed E-state index contributed by atoms with van der Waals surface area (Å²) in [7, 11) is 0. The zero-order chi connectivity index (χ0) is 18.7. The summed E-state index contributed by atoms with van der Waals surface area (Å²) in [5.74, 6) is -0.361. The van der Waals surface area contributed by atoms with Crippen molar-refractivity contribution in [2.45, 2.75) is 25.7 Å². The molecule has 1 amide bonds. The van der Waals surface area contributed by atoms with Gasteiger partial charge >= 0.3 is 6.18 Å². The maximum atomic E-state index is 12.7. The SMILES string of the molecule is O=C(CCn1cnc2sccc2c1=O)NCc1cccc(C(F)(F)F)c1. The molecule has 3 aromatic rings. The fraction of sp³-hybridized carbons (Fsp3) is 0.235. The average molecular weight is 381 g/mol. The molecule has 0 saturated heterocycles. The molecule has 0 bridgehead atoms. The number of benzene rings is 1. The molecule has 5 nitrogen and oxygen atoms in total. The fourth-order valence-corrected chi connectivity index (χ4v) is 3.14. The number of aryl methyl sites for hydroxylation is 1. The molecule has 0 fully saturated rings. The second-order valence-corrected chi connectivity index (χ2v) is 6.50. The van der Waals surface area contributed by atoms with Crippen LogP contribution in [0.4, 0.5) is 13.2 Å². The van der Waals surface area contributed by atoms with Gasteiger partial charge in [0.05, 0.1) is 17.3 Å². The molecule has 1 N–H and O–H groups in total. The zero-order valence-electron chi connectivity index (χ0n) is 13.4. The van der Waals surface area contributed by atoms with E-state index in [0.29, 0.717) is 15.8 Å². The minimum absolute atomic E-state index is 0.0144. The van der Waals surface area contributed by atoms with Crippen LogP contribution in [0.5, 0.6) is 0 Å². The first-order valence-corrected chi connectivity index (χ1v) is 8.58. The van der Waals surface area contributed by atoms with Crippen LogP contribution in [0, 0.1) is 0 Å². The van der Waals surface area contributed by atoms with E-state index in [1.807, 2.05) is 0 Å². The van der Waals surface area contributed by atoms with E-state index in [2.05, 4.69) is 10.3 Å². The molecule has 0 aliphatic carbocycles. The highest BCUT2D eigenvalue weighted by atomic mass is 32.1. The quantitative estimate of drug-likeness (QED) is 0.738. The number of nitrogens with zero attached hydrogens (tertiary/aromatic N) is 2. The zero-order valence-corrected chi connectivity index (χ0v) is 14.2. The molecular formula is C17H14F3N3O2S. The Morgan fingerprint density at radius 1 is 1.27 bits per heavy atom. The summed E-state index contributed by atoms with van der Waals surface area (Å²) in [6.45, 7) is 0.130. The molecular weight excluding hydrogens is 367 g/mol. The number of thiophene rings is 1. The first kappa shape index (κ1) is 18.1. The van der Waals surface area contributed by atoms with Crippen LogP contribution in [0.2, 0.25) is 0 Å². The van der Waals surface area contributed by atoms with Crippen LogP contribution >= 0.6 is 11.3 Å². The number of alkyl halides is 3. The van der Waals surface area contributed by atoms with E-state index >= 15 is 0 Å². The van der Waals surface area contributed by atoms with Crippen molar-refractivity contribution in [3.05, 3.63) is 63.5 Å². The van der Waals surface area contributed by atoms with Crippen LogP contribution in [0.15, 0.2) is 46.8 Å². The minimum Gasteiger partial charge on any atom is -0.352 e. The van der Waals surface area contributed by atoms with E-state index in [4.69, 9.17) is 0 Å². The van der Waals surface area contributed by atoms with Crippen LogP contribution in [0.1, 0.15) is 17.5 Å². The molecule has 3 rings (SSSR count). The topological polar surface area (TPSA) is 64.0 Å². The predicted octanol–water partition coefficient (Wildman–Crippen LogP) is 3.18. The van der Waals surface area contributed by atoms with Crippen LogP contribution in [0.25, 0.3) is 10.2 Å². The van der Waals surface area contributed by atoms with Crippen LogP contribution in [-0.2, 0) is 24.1 Å². The average Bonchev–Trinajstić information content (AvgIpc) is 3.08. The van der Waals surface area contributed by atoms with Gasteiger partial charge in [-0.25, -0.2) is 4.98 Å². The van der Waals surface area contributed by atoms with Crippen molar-refractivity contribution in [2.75, 3.05) is 0 Å². The van der Waals surface area contributed by atoms with Gasteiger partial charge in [-0.05, 0) is 29.1 Å². The van der Waals surface area contributed by atoms with Crippen molar-refractivity contribution in [3.8, 4) is 0 Å². The maximum absolute atomic E-state index is 12.7. The van der Waals surface area contributed by atoms with Gasteiger partial charge in [-0.15, -0.1) is 11.3 Å². The second-order valence-electron chi connectivity index (χ2n) is 5.61. The summed E-state index contributed by atoms with van der Waals surface area (Å²) in [5, 5.41) is 4.83. The smallest absolute Gasteiger partial charge is 0.352 e. The largest absolute Gasteiger partial charge is 0.416 e. The molecule has 2 heterocycles. The van der Waals surface area contributed by atoms with Gasteiger partial charge in [0.2, 0.25) is 5.91 Å². The van der Waals surface area contributed by atoms with E-state index in [9.17, 15) is 22.8 Å². The number of halogens is 3. The van der Waals surface area contributed by atoms with Gasteiger partial charge in [0.1, 0.15) is 4.83 Å². The van der Waals surface area contributed by atoms with Gasteiger partial charge in [-0.2, -0.15) is 13.2 Å². The molecule has 0 radical (unpaired) electrons. The van der Waals surface area contributed by atoms with Gasteiger partial charge in [-0.1, -0.05) is 12.1 Å². The first-order valence-electron chi connectivity index (χ1n) is 7.70. The van der Waals surface area contributed by atoms with Crippen molar-refractivity contribution in [3.63, 3.8) is 0 Å². The van der Waals surface area contributed by atoms with Crippen LogP contribution in [-0.4, -0.2) is 15.5 Å². The Hall–Kier alpha value is -2.68. The summed E-state index contributed by atoms with van der Waals surface area (Å²) in [5.41, 5.74) is -0.625. The first-order chi connectivity index (χ1) is 12.3. The van der Waals surface area contributed by atoms with Crippen LogP contribution in [0.3, 0.4) is 0 Å². The molecule has 0 saturated carbocycles. The molecule has 2 aromatic heterocycles. The lowest BCUT2D eigenvalue weighted by Gasteiger charge is -2.10. The van der Waals surface area contributed by atoms with Crippen molar-refractivity contribution in [1.82, 2.24) is 14.9 Å². The Labute approximate surface area is 150 Å². The molecule has 26 heavy (non-hydrogen) atoms. The molecule has 1 aromatic carbocycles. The van der Waals surface area contributed by atoms with E-state index in [1.165, 1.54) is 34.4 Å². The molecule has 0 aliphatic heterocycles. The number of carbonyl (C=O) groups excluding carboxylic acids is 1. The number of hydrogen-bond acceptors (Lipinski definition) is 4. The van der Waals surface area contributed by atoms with Gasteiger partial charge < -0.3 is 5.32 Å². The van der Waals surface area contributed by atoms with E-state index in [1.54, 1.807) is 11.4 Å². The fourth-order valence-electron chi connectivity index (χ4n) is 2.42. The Kier molecular flexibility index (Phi) is 5.08. The third kappa shape index (κ3) is 4.10. The van der Waals surface area contributed by atoms with Crippen molar-refractivity contribution in [2.24, 2.45) is 0 Å². The van der Waals surface area contributed by atoms with Gasteiger partial charge in [0.25, 0.3) is 5.56 Å². The van der Waals surface area contributed by atoms with Gasteiger partial charge in [-0.3, -0.25) is 14.2 Å². The number of carbonyl (C=O) groups is 1. The maximum Gasteiger partial charge on any atom is 0.416 e. The molecule has 9 heteroatoms. The molecule has 0 aliphatic rings. The number of nitrogens with one attached hydrogen (secondary N) is 1. The Morgan fingerprint density at radius 2 is 2.08 bits per heavy atom. The Balaban J connectivity index is 1.57. The number of hydrogen-bond donors (Lipinski definition) is 1. The lowest BCUT2D eigenvalue weighted by atomic mass is 10.1. The van der Waals surface area contributed by atoms with Gasteiger partial charge in [0.15, 0.2) is 0 Å². The monoisotopic (exact) mass is 381 g/mol. The van der Waals surface area contributed by atoms with Crippen molar-refractivity contribution >= 4 is 27.5 Å². The summed E-state index contributed by atoms with van der Waals surface area (Å²) in [6.07, 6.45) is -3.01. The number of aromatic nitrogens is 2. The molecule has 0 atom stereocenters. The predicted molar refractivity (Wildman–Crippen MR) is 91.8 cm³/mol. The van der Waals surface area contributed by atoms with Crippen LogP contribution < -0.4 is 10.9 Å². The normalized spacial score (nSPS) is 11.7. The second kappa shape index (κ2) is 7.28. The number of rotatable bonds is 5. The van der Waals surface area contributed by atoms with Crippen molar-refractivity contribution < 1.29 is 18.0 Å². The molecule has 0 spiro atoms. The number of fused-ring (bicyclic) bond motifs is 1. The highest BCUT2D eigenvalue weighted by Crippen LogP contribution is 2.29. The minimum atomic E-state index is -4.42. The standard InChI is InChI=1S/C17H14F3N3O2S/c18-17(19,20)12-3-1-2-11(8-12)9-21-14(24)4-6-23-10-22-15-13(16(23)25)5-7-26-15/h1-3,5,7-8,10H,4,6,9H2,(H,21,24). The lowest BCUT2D eigenvalue weighted by Crippen LogP contribution is -2.27. The third-order valence-corrected chi connectivity index (χ3v) is 4.59. The summed E-state index contributed by atoms with van der Waals surface area (Å²) in [4.78, 5) is 28.9. The summed E-state index contributed by atoms with van der Waals surface area (Å²) >= 11 is 1.36. The highest BCUT2D eigenvalue weighted by Gasteiger charge is 2.30. The Morgan fingerprint density at radius 3 is 2.85 bits per heavy atom. The summed E-state index contributed by atoms with van der Waals surface area (Å²) < 4.78 is 39.4. The van der Waals surface area contributed by atoms with E-state index in [0.717, 1.165) is 12.1 Å². The van der Waals surface area contributed by atoms with E-state index in [-0.39, 0.29) is 31.0 Å². The number of amides is 1. The van der Waals surface area contributed by atoms with Gasteiger partial charge in [0, 0.05) is 19.5 Å². The third-order valence-electron chi connectivity index (χ3n) is 3.77. The molecule has 0 unspecified atom stereocenters. The highest BCUT2D eigenvalue weighted by molar-refractivity contribution is 7.16. The molecule has 136 valence electrons. The van der Waals surface area contributed by atoms with Crippen molar-refractivity contribution in [1.29, 1.82) is 0 Å².